The van der Waals surface area contributed by atoms with Crippen molar-refractivity contribution in [2.24, 2.45) is 0 Å². The second-order valence-electron chi connectivity index (χ2n) is 6.81. The van der Waals surface area contributed by atoms with Crippen molar-refractivity contribution >= 4 is 5.91 Å². The minimum absolute atomic E-state index is 0.0439. The maximum absolute atomic E-state index is 12.9. The molecule has 1 aliphatic heterocycles. The number of benzene rings is 1. The fraction of sp³-hybridized carbons (Fsp3) is 0.400. The van der Waals surface area contributed by atoms with Crippen molar-refractivity contribution in [3.05, 3.63) is 59.7 Å². The smallest absolute Gasteiger partial charge is 0.261 e. The van der Waals surface area contributed by atoms with E-state index in [2.05, 4.69) is 16.0 Å². The van der Waals surface area contributed by atoms with Gasteiger partial charge in [-0.05, 0) is 68.9 Å². The fourth-order valence-electron chi connectivity index (χ4n) is 3.29. The van der Waals surface area contributed by atoms with E-state index in [0.717, 1.165) is 37.2 Å². The molecule has 0 spiro atoms. The van der Waals surface area contributed by atoms with Crippen LogP contribution in [0.15, 0.2) is 42.6 Å². The van der Waals surface area contributed by atoms with E-state index in [4.69, 9.17) is 4.74 Å². The zero-order chi connectivity index (χ0) is 18.5. The number of ether oxygens (including phenoxy) is 1. The molecule has 3 rings (SSSR count). The SMILES string of the molecule is CN(C)Cc1cc(C2CCCN2C(=O)COc2ccc(F)cc2)ccn1. The molecule has 0 bridgehead atoms. The molecule has 0 aliphatic carbocycles. The van der Waals surface area contributed by atoms with Gasteiger partial charge in [0.1, 0.15) is 11.6 Å². The monoisotopic (exact) mass is 357 g/mol. The predicted octanol–water partition coefficient (Wildman–Crippen LogP) is 3.02. The standard InChI is InChI=1S/C20H24FN3O2/c1-23(2)13-17-12-15(9-10-22-17)19-4-3-11-24(19)20(25)14-26-18-7-5-16(21)6-8-18/h5-10,12,19H,3-4,11,13-14H2,1-2H3. The minimum atomic E-state index is -0.325. The molecule has 0 saturated carbocycles. The lowest BCUT2D eigenvalue weighted by Gasteiger charge is -2.25. The molecule has 0 radical (unpaired) electrons. The van der Waals surface area contributed by atoms with E-state index in [1.54, 1.807) is 0 Å². The summed E-state index contributed by atoms with van der Waals surface area (Å²) in [6.45, 7) is 1.45. The molecular formula is C20H24FN3O2. The number of hydrogen-bond acceptors (Lipinski definition) is 4. The first kappa shape index (κ1) is 18.3. The number of hydrogen-bond donors (Lipinski definition) is 0. The second kappa shape index (κ2) is 8.27. The Bertz CT molecular complexity index is 749. The molecule has 1 atom stereocenters. The van der Waals surface area contributed by atoms with E-state index >= 15 is 0 Å². The maximum atomic E-state index is 12.9. The summed E-state index contributed by atoms with van der Waals surface area (Å²) in [7, 11) is 4.01. The summed E-state index contributed by atoms with van der Waals surface area (Å²) in [5.41, 5.74) is 2.11. The van der Waals surface area contributed by atoms with Crippen molar-refractivity contribution in [2.75, 3.05) is 27.2 Å². The van der Waals surface area contributed by atoms with E-state index < -0.39 is 0 Å². The van der Waals surface area contributed by atoms with Gasteiger partial charge in [-0.3, -0.25) is 9.78 Å². The van der Waals surface area contributed by atoms with Crippen molar-refractivity contribution in [3.8, 4) is 5.75 Å². The van der Waals surface area contributed by atoms with Gasteiger partial charge in [0.05, 0.1) is 11.7 Å². The topological polar surface area (TPSA) is 45.7 Å². The number of nitrogens with zero attached hydrogens (tertiary/aromatic N) is 3. The van der Waals surface area contributed by atoms with Gasteiger partial charge < -0.3 is 14.5 Å². The molecule has 1 aliphatic rings. The number of aromatic nitrogens is 1. The quantitative estimate of drug-likeness (QED) is 0.797. The minimum Gasteiger partial charge on any atom is -0.484 e. The van der Waals surface area contributed by atoms with E-state index in [1.165, 1.54) is 24.3 Å². The lowest BCUT2D eigenvalue weighted by Crippen LogP contribution is -2.34. The van der Waals surface area contributed by atoms with E-state index in [9.17, 15) is 9.18 Å². The van der Waals surface area contributed by atoms with Gasteiger partial charge in [-0.1, -0.05) is 0 Å². The number of likely N-dealkylation sites (tertiary alicyclic amines) is 1. The number of pyridine rings is 1. The van der Waals surface area contributed by atoms with Crippen molar-refractivity contribution in [1.29, 1.82) is 0 Å². The summed E-state index contributed by atoms with van der Waals surface area (Å²) in [6, 6.07) is 9.82. The average Bonchev–Trinajstić information content (AvgIpc) is 3.10. The Balaban J connectivity index is 1.65. The van der Waals surface area contributed by atoms with Crippen LogP contribution in [0.4, 0.5) is 4.39 Å². The first-order chi connectivity index (χ1) is 12.5. The van der Waals surface area contributed by atoms with Crippen LogP contribution in [0.5, 0.6) is 5.75 Å². The molecule has 1 amide bonds. The molecule has 6 heteroatoms. The average molecular weight is 357 g/mol. The van der Waals surface area contributed by atoms with Crippen LogP contribution in [-0.4, -0.2) is 47.9 Å². The Morgan fingerprint density at radius 2 is 2.08 bits per heavy atom. The number of halogens is 1. The highest BCUT2D eigenvalue weighted by Gasteiger charge is 2.30. The van der Waals surface area contributed by atoms with E-state index in [0.29, 0.717) is 5.75 Å². The molecule has 1 saturated heterocycles. The van der Waals surface area contributed by atoms with Crippen LogP contribution in [0, 0.1) is 5.82 Å². The zero-order valence-electron chi connectivity index (χ0n) is 15.2. The van der Waals surface area contributed by atoms with Crippen LogP contribution in [0.3, 0.4) is 0 Å². The lowest BCUT2D eigenvalue weighted by molar-refractivity contribution is -0.134. The number of rotatable bonds is 6. The predicted molar refractivity (Wildman–Crippen MR) is 97.2 cm³/mol. The summed E-state index contributed by atoms with van der Waals surface area (Å²) in [5.74, 6) is 0.116. The molecule has 1 aromatic heterocycles. The third-order valence-corrected chi connectivity index (χ3v) is 4.45. The van der Waals surface area contributed by atoms with Crippen LogP contribution >= 0.6 is 0 Å². The lowest BCUT2D eigenvalue weighted by atomic mass is 10.0. The summed E-state index contributed by atoms with van der Waals surface area (Å²) >= 11 is 0. The van der Waals surface area contributed by atoms with E-state index in [-0.39, 0.29) is 24.4 Å². The highest BCUT2D eigenvalue weighted by atomic mass is 19.1. The third kappa shape index (κ3) is 4.58. The molecule has 26 heavy (non-hydrogen) atoms. The van der Waals surface area contributed by atoms with Crippen molar-refractivity contribution in [2.45, 2.75) is 25.4 Å². The van der Waals surface area contributed by atoms with E-state index in [1.807, 2.05) is 31.3 Å². The summed E-state index contributed by atoms with van der Waals surface area (Å²) < 4.78 is 18.5. The Morgan fingerprint density at radius 3 is 2.81 bits per heavy atom. The van der Waals surface area contributed by atoms with Gasteiger partial charge in [0.15, 0.2) is 6.61 Å². The first-order valence-electron chi connectivity index (χ1n) is 8.80. The Hall–Kier alpha value is -2.47. The van der Waals surface area contributed by atoms with Gasteiger partial charge in [-0.15, -0.1) is 0 Å². The number of amides is 1. The van der Waals surface area contributed by atoms with Crippen molar-refractivity contribution in [1.82, 2.24) is 14.8 Å². The molecule has 1 fully saturated rings. The van der Waals surface area contributed by atoms with Gasteiger partial charge in [0.2, 0.25) is 0 Å². The van der Waals surface area contributed by atoms with Gasteiger partial charge in [0.25, 0.3) is 5.91 Å². The van der Waals surface area contributed by atoms with Gasteiger partial charge in [-0.2, -0.15) is 0 Å². The van der Waals surface area contributed by atoms with Crippen LogP contribution in [-0.2, 0) is 11.3 Å². The maximum Gasteiger partial charge on any atom is 0.261 e. The summed E-state index contributed by atoms with van der Waals surface area (Å²) in [6.07, 6.45) is 3.72. The molecule has 2 heterocycles. The van der Waals surface area contributed by atoms with Crippen LogP contribution in [0.1, 0.15) is 30.1 Å². The Kier molecular flexibility index (Phi) is 5.83. The molecule has 1 aromatic carbocycles. The second-order valence-corrected chi connectivity index (χ2v) is 6.81. The van der Waals surface area contributed by atoms with Gasteiger partial charge in [0, 0.05) is 19.3 Å². The largest absolute Gasteiger partial charge is 0.484 e. The van der Waals surface area contributed by atoms with Gasteiger partial charge >= 0.3 is 0 Å². The van der Waals surface area contributed by atoms with Crippen molar-refractivity contribution < 1.29 is 13.9 Å². The van der Waals surface area contributed by atoms with Gasteiger partial charge in [-0.25, -0.2) is 4.39 Å². The van der Waals surface area contributed by atoms with Crippen molar-refractivity contribution in [3.63, 3.8) is 0 Å². The normalized spacial score (nSPS) is 16.9. The first-order valence-corrected chi connectivity index (χ1v) is 8.80. The fourth-order valence-corrected chi connectivity index (χ4v) is 3.29. The highest BCUT2D eigenvalue weighted by molar-refractivity contribution is 5.78. The summed E-state index contributed by atoms with van der Waals surface area (Å²) in [5, 5.41) is 0. The molecule has 5 nitrogen and oxygen atoms in total. The molecule has 0 N–H and O–H groups in total. The third-order valence-electron chi connectivity index (χ3n) is 4.45. The molecular weight excluding hydrogens is 333 g/mol. The Morgan fingerprint density at radius 1 is 1.31 bits per heavy atom. The zero-order valence-corrected chi connectivity index (χ0v) is 15.2. The molecule has 138 valence electrons. The highest BCUT2D eigenvalue weighted by Crippen LogP contribution is 2.32. The van der Waals surface area contributed by atoms with Crippen LogP contribution in [0.2, 0.25) is 0 Å². The number of carbonyl (C=O) groups excluding carboxylic acids is 1. The molecule has 1 unspecified atom stereocenters. The Labute approximate surface area is 153 Å². The molecule has 2 aromatic rings. The van der Waals surface area contributed by atoms with Crippen LogP contribution in [0.25, 0.3) is 0 Å². The van der Waals surface area contributed by atoms with Crippen LogP contribution < -0.4 is 4.74 Å². The summed E-state index contributed by atoms with van der Waals surface area (Å²) in [4.78, 5) is 21.0. The number of carbonyl (C=O) groups is 1.